The van der Waals surface area contributed by atoms with Crippen LogP contribution in [-0.4, -0.2) is 37.5 Å². The van der Waals surface area contributed by atoms with Gasteiger partial charge in [-0.3, -0.25) is 0 Å². The minimum atomic E-state index is 0.806. The van der Waals surface area contributed by atoms with Crippen molar-refractivity contribution in [3.05, 3.63) is 0 Å². The van der Waals surface area contributed by atoms with E-state index in [0.717, 1.165) is 16.8 Å². The van der Waals surface area contributed by atoms with Crippen LogP contribution in [0.25, 0.3) is 0 Å². The predicted molar refractivity (Wildman–Crippen MR) is 98.3 cm³/mol. The van der Waals surface area contributed by atoms with E-state index in [-0.39, 0.29) is 0 Å². The van der Waals surface area contributed by atoms with Crippen LogP contribution in [-0.2, 0) is 0 Å². The van der Waals surface area contributed by atoms with E-state index >= 15 is 0 Å². The third-order valence-corrected chi connectivity index (χ3v) is 4.78. The second-order valence-corrected chi connectivity index (χ2v) is 7.69. The van der Waals surface area contributed by atoms with Gasteiger partial charge in [-0.15, -0.1) is 11.6 Å². The summed E-state index contributed by atoms with van der Waals surface area (Å²) in [6, 6.07) is 0. The second kappa shape index (κ2) is 15.2. The molecular formula is C19H41ClN+. The fourth-order valence-electron chi connectivity index (χ4n) is 2.98. The number of hydrogen-bond donors (Lipinski definition) is 0. The van der Waals surface area contributed by atoms with E-state index in [1.165, 1.54) is 90.1 Å². The van der Waals surface area contributed by atoms with Crippen molar-refractivity contribution in [2.24, 2.45) is 0 Å². The average Bonchev–Trinajstić information content (AvgIpc) is 2.46. The number of hydrogen-bond acceptors (Lipinski definition) is 0. The Morgan fingerprint density at radius 2 is 0.952 bits per heavy atom. The van der Waals surface area contributed by atoms with Gasteiger partial charge < -0.3 is 4.48 Å². The molecule has 1 nitrogen and oxygen atoms in total. The number of quaternary nitrogens is 1. The van der Waals surface area contributed by atoms with Crippen LogP contribution < -0.4 is 0 Å². The minimum absolute atomic E-state index is 0.806. The third kappa shape index (κ3) is 16.4. The highest BCUT2D eigenvalue weighted by atomic mass is 35.5. The molecule has 0 fully saturated rings. The molecule has 21 heavy (non-hydrogen) atoms. The lowest BCUT2D eigenvalue weighted by molar-refractivity contribution is -0.890. The maximum Gasteiger partial charge on any atom is 0.0794 e. The quantitative estimate of drug-likeness (QED) is 0.176. The van der Waals surface area contributed by atoms with Gasteiger partial charge in [-0.05, 0) is 12.8 Å². The summed E-state index contributed by atoms with van der Waals surface area (Å²) in [6.07, 6.45) is 18.4. The maximum absolute atomic E-state index is 5.78. The molecule has 0 aromatic heterocycles. The topological polar surface area (TPSA) is 0 Å². The van der Waals surface area contributed by atoms with Gasteiger partial charge in [-0.1, -0.05) is 71.1 Å². The molecule has 0 amide bonds. The molecule has 0 rings (SSSR count). The van der Waals surface area contributed by atoms with Gasteiger partial charge in [0.25, 0.3) is 0 Å². The molecule has 0 aliphatic rings. The third-order valence-electron chi connectivity index (χ3n) is 4.51. The smallest absolute Gasteiger partial charge is 0.0794 e. The van der Waals surface area contributed by atoms with E-state index < -0.39 is 0 Å². The molecule has 0 spiro atoms. The van der Waals surface area contributed by atoms with Crippen molar-refractivity contribution in [3.8, 4) is 0 Å². The standard InChI is InChI=1S/C19H41ClN/c1-4-5-6-7-8-9-10-11-12-13-14-15-18-21(2,3)19-16-17-20/h4-19H2,1-3H3/q+1. The Bertz CT molecular complexity index is 204. The van der Waals surface area contributed by atoms with Crippen molar-refractivity contribution < 1.29 is 4.48 Å². The Labute approximate surface area is 140 Å². The van der Waals surface area contributed by atoms with Crippen LogP contribution in [0.1, 0.15) is 90.4 Å². The van der Waals surface area contributed by atoms with E-state index in [4.69, 9.17) is 11.6 Å². The molecule has 0 saturated carbocycles. The molecule has 0 saturated heterocycles. The van der Waals surface area contributed by atoms with Gasteiger partial charge in [-0.2, -0.15) is 0 Å². The summed E-state index contributed by atoms with van der Waals surface area (Å²) < 4.78 is 1.14. The average molecular weight is 319 g/mol. The largest absolute Gasteiger partial charge is 0.328 e. The van der Waals surface area contributed by atoms with Crippen LogP contribution >= 0.6 is 11.6 Å². The first-order valence-electron chi connectivity index (χ1n) is 9.50. The Kier molecular flexibility index (Phi) is 15.3. The summed E-state index contributed by atoms with van der Waals surface area (Å²) in [5.41, 5.74) is 0. The van der Waals surface area contributed by atoms with Crippen LogP contribution in [0.3, 0.4) is 0 Å². The molecule has 0 aromatic carbocycles. The van der Waals surface area contributed by atoms with Crippen molar-refractivity contribution in [1.29, 1.82) is 0 Å². The van der Waals surface area contributed by atoms with Gasteiger partial charge >= 0.3 is 0 Å². The maximum atomic E-state index is 5.78. The lowest BCUT2D eigenvalue weighted by atomic mass is 10.1. The van der Waals surface area contributed by atoms with Gasteiger partial charge in [-0.25, -0.2) is 0 Å². The summed E-state index contributed by atoms with van der Waals surface area (Å²) >= 11 is 5.78. The van der Waals surface area contributed by atoms with Crippen LogP contribution in [0.4, 0.5) is 0 Å². The van der Waals surface area contributed by atoms with Gasteiger partial charge in [0.15, 0.2) is 0 Å². The fraction of sp³-hybridized carbons (Fsp3) is 1.00. The van der Waals surface area contributed by atoms with E-state index in [9.17, 15) is 0 Å². The molecule has 0 N–H and O–H groups in total. The van der Waals surface area contributed by atoms with E-state index in [1.807, 2.05) is 0 Å². The molecule has 0 aliphatic carbocycles. The predicted octanol–water partition coefficient (Wildman–Crippen LogP) is 6.39. The highest BCUT2D eigenvalue weighted by Gasteiger charge is 2.12. The first-order chi connectivity index (χ1) is 10.1. The minimum Gasteiger partial charge on any atom is -0.328 e. The molecular weight excluding hydrogens is 278 g/mol. The van der Waals surface area contributed by atoms with Crippen molar-refractivity contribution in [2.45, 2.75) is 90.4 Å². The zero-order chi connectivity index (χ0) is 15.8. The molecule has 0 bridgehead atoms. The SMILES string of the molecule is CCCCCCCCCCCCCC[N+](C)(C)CCCCl. The van der Waals surface area contributed by atoms with Crippen molar-refractivity contribution in [1.82, 2.24) is 0 Å². The Morgan fingerprint density at radius 3 is 1.38 bits per heavy atom. The second-order valence-electron chi connectivity index (χ2n) is 7.31. The molecule has 0 aliphatic heterocycles. The van der Waals surface area contributed by atoms with Gasteiger partial charge in [0, 0.05) is 12.3 Å². The van der Waals surface area contributed by atoms with Gasteiger partial charge in [0.2, 0.25) is 0 Å². The number of unbranched alkanes of at least 4 members (excludes halogenated alkanes) is 11. The summed E-state index contributed by atoms with van der Waals surface area (Å²) in [7, 11) is 4.68. The zero-order valence-electron chi connectivity index (χ0n) is 15.1. The van der Waals surface area contributed by atoms with Gasteiger partial charge in [0.05, 0.1) is 27.2 Å². The number of alkyl halides is 1. The fourth-order valence-corrected chi connectivity index (χ4v) is 3.10. The van der Waals surface area contributed by atoms with E-state index in [2.05, 4.69) is 21.0 Å². The van der Waals surface area contributed by atoms with E-state index in [0.29, 0.717) is 0 Å². The number of halogens is 1. The molecule has 0 aromatic rings. The number of rotatable bonds is 16. The summed E-state index contributed by atoms with van der Waals surface area (Å²) in [5, 5.41) is 0. The molecule has 0 heterocycles. The van der Waals surface area contributed by atoms with Crippen LogP contribution in [0.2, 0.25) is 0 Å². The van der Waals surface area contributed by atoms with Crippen molar-refractivity contribution >= 4 is 11.6 Å². The number of nitrogens with zero attached hydrogens (tertiary/aromatic N) is 1. The van der Waals surface area contributed by atoms with Crippen molar-refractivity contribution in [2.75, 3.05) is 33.1 Å². The molecule has 128 valence electrons. The molecule has 0 unspecified atom stereocenters. The summed E-state index contributed by atoms with van der Waals surface area (Å²) in [4.78, 5) is 0. The molecule has 0 radical (unpaired) electrons. The molecule has 0 atom stereocenters. The van der Waals surface area contributed by atoms with Crippen LogP contribution in [0.5, 0.6) is 0 Å². The first kappa shape index (κ1) is 21.2. The Morgan fingerprint density at radius 1 is 0.571 bits per heavy atom. The van der Waals surface area contributed by atoms with Gasteiger partial charge in [0.1, 0.15) is 0 Å². The lowest BCUT2D eigenvalue weighted by Gasteiger charge is -2.29. The van der Waals surface area contributed by atoms with Crippen LogP contribution in [0.15, 0.2) is 0 Å². The monoisotopic (exact) mass is 318 g/mol. The normalized spacial score (nSPS) is 12.0. The van der Waals surface area contributed by atoms with Crippen molar-refractivity contribution in [3.63, 3.8) is 0 Å². The zero-order valence-corrected chi connectivity index (χ0v) is 15.9. The first-order valence-corrected chi connectivity index (χ1v) is 10.0. The Hall–Kier alpha value is 0.250. The Balaban J connectivity index is 3.18. The highest BCUT2D eigenvalue weighted by molar-refractivity contribution is 6.17. The molecule has 2 heteroatoms. The summed E-state index contributed by atoms with van der Waals surface area (Å²) in [5.74, 6) is 0.806. The highest BCUT2D eigenvalue weighted by Crippen LogP contribution is 2.12. The summed E-state index contributed by atoms with van der Waals surface area (Å²) in [6.45, 7) is 4.83. The lowest BCUT2D eigenvalue weighted by Crippen LogP contribution is -2.41. The van der Waals surface area contributed by atoms with E-state index in [1.54, 1.807) is 0 Å². The van der Waals surface area contributed by atoms with Crippen LogP contribution in [0, 0.1) is 0 Å².